The Bertz CT molecular complexity index is 799. The summed E-state index contributed by atoms with van der Waals surface area (Å²) >= 11 is 1.79. The van der Waals surface area contributed by atoms with Crippen LogP contribution in [0.2, 0.25) is 0 Å². The largest absolute Gasteiger partial charge is 0.377 e. The summed E-state index contributed by atoms with van der Waals surface area (Å²) in [5.74, 6) is 1.04. The van der Waals surface area contributed by atoms with Crippen LogP contribution in [0.3, 0.4) is 0 Å². The van der Waals surface area contributed by atoms with Gasteiger partial charge in [-0.25, -0.2) is 0 Å². The number of nitrogens with one attached hydrogen (secondary N) is 1. The Morgan fingerprint density at radius 1 is 1.20 bits per heavy atom. The molecule has 1 aromatic heterocycles. The van der Waals surface area contributed by atoms with Crippen molar-refractivity contribution in [1.29, 1.82) is 0 Å². The van der Waals surface area contributed by atoms with Crippen molar-refractivity contribution < 1.29 is 9.53 Å². The van der Waals surface area contributed by atoms with Crippen LogP contribution in [-0.2, 0) is 9.53 Å². The third-order valence-electron chi connectivity index (χ3n) is 5.91. The van der Waals surface area contributed by atoms with Gasteiger partial charge in [-0.1, -0.05) is 36.4 Å². The molecule has 7 heteroatoms. The van der Waals surface area contributed by atoms with E-state index in [1.807, 2.05) is 23.2 Å². The van der Waals surface area contributed by atoms with Crippen molar-refractivity contribution in [1.82, 2.24) is 20.1 Å². The molecule has 4 rings (SSSR count). The van der Waals surface area contributed by atoms with Gasteiger partial charge in [-0.2, -0.15) is 0 Å². The van der Waals surface area contributed by atoms with Crippen LogP contribution in [0.1, 0.15) is 29.0 Å². The van der Waals surface area contributed by atoms with E-state index in [1.54, 1.807) is 25.1 Å². The number of nitrogens with zero attached hydrogens (tertiary/aromatic N) is 3. The van der Waals surface area contributed by atoms with Crippen molar-refractivity contribution in [3.05, 3.63) is 66.0 Å². The third kappa shape index (κ3) is 5.21. The van der Waals surface area contributed by atoms with Gasteiger partial charge < -0.3 is 9.64 Å². The SMILES string of the molecule is COC(CCN1CCN(C(=O)[C@@H]2CSC(c3cccnc3)N2)CC1)c1ccccc1. The molecule has 2 aliphatic rings. The first-order chi connectivity index (χ1) is 14.7. The molecule has 1 N–H and O–H groups in total. The molecule has 2 unspecified atom stereocenters. The fraction of sp³-hybridized carbons (Fsp3) is 0.478. The molecule has 30 heavy (non-hydrogen) atoms. The average molecular weight is 427 g/mol. The summed E-state index contributed by atoms with van der Waals surface area (Å²) in [5, 5.41) is 3.63. The molecule has 0 spiro atoms. The molecule has 2 aromatic rings. The van der Waals surface area contributed by atoms with E-state index >= 15 is 0 Å². The number of thioether (sulfide) groups is 1. The normalized spacial score (nSPS) is 23.4. The van der Waals surface area contributed by atoms with Crippen LogP contribution >= 0.6 is 11.8 Å². The third-order valence-corrected chi connectivity index (χ3v) is 7.18. The molecule has 1 aromatic carbocycles. The van der Waals surface area contributed by atoms with E-state index in [1.165, 1.54) is 5.56 Å². The number of rotatable bonds is 7. The number of aromatic nitrogens is 1. The zero-order valence-corrected chi connectivity index (χ0v) is 18.3. The second kappa shape index (κ2) is 10.4. The number of ether oxygens (including phenoxy) is 1. The summed E-state index contributed by atoms with van der Waals surface area (Å²) in [7, 11) is 1.78. The lowest BCUT2D eigenvalue weighted by Gasteiger charge is -2.36. The number of carbonyl (C=O) groups excluding carboxylic acids is 1. The Kier molecular flexibility index (Phi) is 7.38. The highest BCUT2D eigenvalue weighted by atomic mass is 32.2. The fourth-order valence-corrected chi connectivity index (χ4v) is 5.35. The maximum Gasteiger partial charge on any atom is 0.240 e. The lowest BCUT2D eigenvalue weighted by atomic mass is 10.1. The first kappa shape index (κ1) is 21.3. The summed E-state index contributed by atoms with van der Waals surface area (Å²) in [6, 6.07) is 14.3. The lowest BCUT2D eigenvalue weighted by Crippen LogP contribution is -2.53. The first-order valence-electron chi connectivity index (χ1n) is 10.6. The number of piperazine rings is 1. The van der Waals surface area contributed by atoms with Crippen LogP contribution in [0.5, 0.6) is 0 Å². The van der Waals surface area contributed by atoms with Crippen molar-refractivity contribution in [2.75, 3.05) is 45.6 Å². The van der Waals surface area contributed by atoms with Gasteiger partial charge in [0.05, 0.1) is 17.5 Å². The minimum atomic E-state index is -0.109. The Labute approximate surface area is 183 Å². The van der Waals surface area contributed by atoms with Crippen LogP contribution < -0.4 is 5.32 Å². The predicted molar refractivity (Wildman–Crippen MR) is 120 cm³/mol. The van der Waals surface area contributed by atoms with E-state index in [-0.39, 0.29) is 23.4 Å². The summed E-state index contributed by atoms with van der Waals surface area (Å²) in [5.41, 5.74) is 2.36. The zero-order valence-electron chi connectivity index (χ0n) is 17.4. The molecule has 3 heterocycles. The number of hydrogen-bond acceptors (Lipinski definition) is 6. The van der Waals surface area contributed by atoms with Gasteiger partial charge in [-0.05, 0) is 23.6 Å². The van der Waals surface area contributed by atoms with Gasteiger partial charge in [0.2, 0.25) is 5.91 Å². The Balaban J connectivity index is 1.22. The minimum Gasteiger partial charge on any atom is -0.377 e. The second-order valence-electron chi connectivity index (χ2n) is 7.81. The molecule has 160 valence electrons. The summed E-state index contributed by atoms with van der Waals surface area (Å²) in [6.07, 6.45) is 4.73. The monoisotopic (exact) mass is 426 g/mol. The lowest BCUT2D eigenvalue weighted by molar-refractivity contribution is -0.134. The molecule has 2 fully saturated rings. The van der Waals surface area contributed by atoms with E-state index < -0.39 is 0 Å². The zero-order chi connectivity index (χ0) is 20.8. The number of pyridine rings is 1. The van der Waals surface area contributed by atoms with Crippen molar-refractivity contribution >= 4 is 17.7 Å². The van der Waals surface area contributed by atoms with E-state index in [2.05, 4.69) is 45.5 Å². The van der Waals surface area contributed by atoms with E-state index in [0.29, 0.717) is 0 Å². The van der Waals surface area contributed by atoms with Gasteiger partial charge in [0.25, 0.3) is 0 Å². The molecule has 0 bridgehead atoms. The topological polar surface area (TPSA) is 57.7 Å². The molecule has 6 nitrogen and oxygen atoms in total. The number of amides is 1. The summed E-state index contributed by atoms with van der Waals surface area (Å²) in [6.45, 7) is 4.41. The molecule has 2 saturated heterocycles. The Morgan fingerprint density at radius 2 is 2.00 bits per heavy atom. The highest BCUT2D eigenvalue weighted by molar-refractivity contribution is 7.99. The Hall–Kier alpha value is -1.93. The molecule has 1 amide bonds. The molecule has 2 aliphatic heterocycles. The highest BCUT2D eigenvalue weighted by Gasteiger charge is 2.34. The highest BCUT2D eigenvalue weighted by Crippen LogP contribution is 2.32. The van der Waals surface area contributed by atoms with Gasteiger partial charge in [-0.3, -0.25) is 20.0 Å². The molecule has 3 atom stereocenters. The molecule has 0 aliphatic carbocycles. The minimum absolute atomic E-state index is 0.109. The van der Waals surface area contributed by atoms with E-state index in [0.717, 1.165) is 50.5 Å². The van der Waals surface area contributed by atoms with E-state index in [9.17, 15) is 4.79 Å². The van der Waals surface area contributed by atoms with E-state index in [4.69, 9.17) is 4.74 Å². The summed E-state index contributed by atoms with van der Waals surface area (Å²) < 4.78 is 5.69. The number of hydrogen-bond donors (Lipinski definition) is 1. The molecular formula is C23H30N4O2S. The van der Waals surface area contributed by atoms with Gasteiger partial charge in [0, 0.05) is 58.0 Å². The molecular weight excluding hydrogens is 396 g/mol. The van der Waals surface area contributed by atoms with Crippen LogP contribution in [0, 0.1) is 0 Å². The maximum atomic E-state index is 13.0. The number of methoxy groups -OCH3 is 1. The standard InChI is InChI=1S/C23H30N4O2S/c1-29-21(18-6-3-2-4-7-18)9-11-26-12-14-27(15-13-26)23(28)20-17-30-22(25-20)19-8-5-10-24-16-19/h2-8,10,16,20-22,25H,9,11-15,17H2,1H3/t20-,21?,22?/m0/s1. The van der Waals surface area contributed by atoms with Crippen LogP contribution in [0.4, 0.5) is 0 Å². The average Bonchev–Trinajstić information content (AvgIpc) is 3.31. The van der Waals surface area contributed by atoms with Gasteiger partial charge in [0.1, 0.15) is 0 Å². The first-order valence-corrected chi connectivity index (χ1v) is 11.7. The Morgan fingerprint density at radius 3 is 2.70 bits per heavy atom. The predicted octanol–water partition coefficient (Wildman–Crippen LogP) is 2.71. The van der Waals surface area contributed by atoms with Crippen molar-refractivity contribution in [2.24, 2.45) is 0 Å². The van der Waals surface area contributed by atoms with Crippen molar-refractivity contribution in [3.8, 4) is 0 Å². The van der Waals surface area contributed by atoms with Crippen molar-refractivity contribution in [3.63, 3.8) is 0 Å². The van der Waals surface area contributed by atoms with Crippen molar-refractivity contribution in [2.45, 2.75) is 23.9 Å². The fourth-order valence-electron chi connectivity index (χ4n) is 4.14. The van der Waals surface area contributed by atoms with Gasteiger partial charge in [-0.15, -0.1) is 11.8 Å². The molecule has 0 radical (unpaired) electrons. The second-order valence-corrected chi connectivity index (χ2v) is 8.95. The van der Waals surface area contributed by atoms with Gasteiger partial charge >= 0.3 is 0 Å². The van der Waals surface area contributed by atoms with Crippen LogP contribution in [0.25, 0.3) is 0 Å². The van der Waals surface area contributed by atoms with Gasteiger partial charge in [0.15, 0.2) is 0 Å². The number of carbonyl (C=O) groups is 1. The summed E-state index contributed by atoms with van der Waals surface area (Å²) in [4.78, 5) is 21.6. The number of benzene rings is 1. The molecule has 0 saturated carbocycles. The quantitative estimate of drug-likeness (QED) is 0.735. The smallest absolute Gasteiger partial charge is 0.240 e. The van der Waals surface area contributed by atoms with Crippen LogP contribution in [0.15, 0.2) is 54.9 Å². The van der Waals surface area contributed by atoms with Crippen LogP contribution in [-0.4, -0.2) is 72.3 Å². The maximum absolute atomic E-state index is 13.0.